The lowest BCUT2D eigenvalue weighted by atomic mass is 10.1. The van der Waals surface area contributed by atoms with E-state index in [9.17, 15) is 0 Å². The summed E-state index contributed by atoms with van der Waals surface area (Å²) in [6.07, 6.45) is 0. The van der Waals surface area contributed by atoms with Crippen molar-refractivity contribution >= 4 is 39.0 Å². The number of aromatic nitrogens is 2. The third kappa shape index (κ3) is 2.83. The van der Waals surface area contributed by atoms with Crippen LogP contribution in [0.2, 0.25) is 0 Å². The number of benzene rings is 1. The smallest absolute Gasteiger partial charge is 0.225 e. The van der Waals surface area contributed by atoms with E-state index in [4.69, 9.17) is 0 Å². The average molecular weight is 298 g/mol. The first-order valence-electron chi connectivity index (χ1n) is 6.86. The van der Waals surface area contributed by atoms with Crippen molar-refractivity contribution < 1.29 is 0 Å². The summed E-state index contributed by atoms with van der Waals surface area (Å²) >= 11 is 1.68. The van der Waals surface area contributed by atoms with E-state index in [1.165, 1.54) is 16.0 Å². The molecule has 2 heterocycles. The highest BCUT2D eigenvalue weighted by Gasteiger charge is 2.10. The van der Waals surface area contributed by atoms with Crippen molar-refractivity contribution in [3.8, 4) is 0 Å². The second kappa shape index (κ2) is 5.33. The van der Waals surface area contributed by atoms with Crippen LogP contribution >= 0.6 is 11.3 Å². The second-order valence-electron chi connectivity index (χ2n) is 5.22. The van der Waals surface area contributed by atoms with Crippen LogP contribution in [0.1, 0.15) is 16.0 Å². The van der Waals surface area contributed by atoms with Crippen molar-refractivity contribution in [1.29, 1.82) is 0 Å². The van der Waals surface area contributed by atoms with Crippen molar-refractivity contribution in [1.82, 2.24) is 9.97 Å². The molecule has 2 N–H and O–H groups in total. The lowest BCUT2D eigenvalue weighted by Crippen LogP contribution is -2.01. The second-order valence-corrected chi connectivity index (χ2v) is 6.46. The first-order valence-corrected chi connectivity index (χ1v) is 7.68. The first-order chi connectivity index (χ1) is 10.0. The Morgan fingerprint density at radius 1 is 0.952 bits per heavy atom. The van der Waals surface area contributed by atoms with Gasteiger partial charge in [0.2, 0.25) is 5.95 Å². The van der Waals surface area contributed by atoms with Gasteiger partial charge in [-0.2, -0.15) is 4.98 Å². The van der Waals surface area contributed by atoms with Crippen molar-refractivity contribution in [3.05, 3.63) is 40.3 Å². The summed E-state index contributed by atoms with van der Waals surface area (Å²) in [4.78, 5) is 11.3. The molecular formula is C16H18N4S. The zero-order valence-electron chi connectivity index (χ0n) is 12.6. The van der Waals surface area contributed by atoms with Crippen LogP contribution in [0, 0.1) is 20.8 Å². The molecule has 0 bridgehead atoms. The average Bonchev–Trinajstić information content (AvgIpc) is 2.78. The minimum absolute atomic E-state index is 0.635. The van der Waals surface area contributed by atoms with Gasteiger partial charge in [0.25, 0.3) is 0 Å². The van der Waals surface area contributed by atoms with Crippen LogP contribution in [0.3, 0.4) is 0 Å². The number of nitrogens with zero attached hydrogens (tertiary/aromatic N) is 2. The maximum atomic E-state index is 4.56. The number of fused-ring (bicyclic) bond motifs is 1. The van der Waals surface area contributed by atoms with E-state index in [1.807, 2.05) is 7.05 Å². The third-order valence-corrected chi connectivity index (χ3v) is 4.17. The van der Waals surface area contributed by atoms with Gasteiger partial charge < -0.3 is 10.6 Å². The normalized spacial score (nSPS) is 10.9. The minimum Gasteiger partial charge on any atom is -0.357 e. The molecule has 0 aliphatic carbocycles. The fraction of sp³-hybridized carbons (Fsp3) is 0.250. The highest BCUT2D eigenvalue weighted by molar-refractivity contribution is 7.18. The number of thiophene rings is 1. The summed E-state index contributed by atoms with van der Waals surface area (Å²) < 4.78 is 0. The number of nitrogens with one attached hydrogen (secondary N) is 2. The molecule has 3 rings (SSSR count). The predicted molar refractivity (Wildman–Crippen MR) is 90.9 cm³/mol. The zero-order chi connectivity index (χ0) is 15.0. The summed E-state index contributed by atoms with van der Waals surface area (Å²) in [5, 5.41) is 7.52. The number of rotatable bonds is 3. The van der Waals surface area contributed by atoms with Gasteiger partial charge in [0.1, 0.15) is 10.6 Å². The van der Waals surface area contributed by atoms with Gasteiger partial charge in [-0.15, -0.1) is 11.3 Å². The van der Waals surface area contributed by atoms with Crippen LogP contribution in [-0.2, 0) is 0 Å². The molecule has 21 heavy (non-hydrogen) atoms. The molecule has 0 unspecified atom stereocenters. The van der Waals surface area contributed by atoms with Gasteiger partial charge in [0, 0.05) is 17.6 Å². The minimum atomic E-state index is 0.635. The fourth-order valence-corrected chi connectivity index (χ4v) is 3.31. The molecule has 3 aromatic rings. The Kier molecular flexibility index (Phi) is 3.51. The van der Waals surface area contributed by atoms with Crippen LogP contribution in [0.5, 0.6) is 0 Å². The molecule has 0 amide bonds. The van der Waals surface area contributed by atoms with Gasteiger partial charge in [-0.1, -0.05) is 6.07 Å². The van der Waals surface area contributed by atoms with Crippen LogP contribution in [0.4, 0.5) is 17.5 Å². The Hall–Kier alpha value is -2.14. The Morgan fingerprint density at radius 2 is 1.67 bits per heavy atom. The van der Waals surface area contributed by atoms with E-state index in [2.05, 4.69) is 65.6 Å². The van der Waals surface area contributed by atoms with Crippen molar-refractivity contribution in [3.63, 3.8) is 0 Å². The monoisotopic (exact) mass is 298 g/mol. The largest absolute Gasteiger partial charge is 0.357 e. The van der Waals surface area contributed by atoms with Crippen molar-refractivity contribution in [2.45, 2.75) is 20.8 Å². The molecular weight excluding hydrogens is 280 g/mol. The number of hydrogen-bond donors (Lipinski definition) is 2. The van der Waals surface area contributed by atoms with Crippen LogP contribution in [0.15, 0.2) is 24.3 Å². The van der Waals surface area contributed by atoms with E-state index in [1.54, 1.807) is 11.3 Å². The van der Waals surface area contributed by atoms with E-state index < -0.39 is 0 Å². The van der Waals surface area contributed by atoms with E-state index in [-0.39, 0.29) is 0 Å². The highest BCUT2D eigenvalue weighted by Crippen LogP contribution is 2.31. The molecule has 0 atom stereocenters. The molecule has 108 valence electrons. The topological polar surface area (TPSA) is 49.8 Å². The maximum Gasteiger partial charge on any atom is 0.225 e. The lowest BCUT2D eigenvalue weighted by Gasteiger charge is -2.10. The number of hydrogen-bond acceptors (Lipinski definition) is 5. The summed E-state index contributed by atoms with van der Waals surface area (Å²) in [6.45, 7) is 6.29. The summed E-state index contributed by atoms with van der Waals surface area (Å²) in [7, 11) is 1.84. The van der Waals surface area contributed by atoms with Gasteiger partial charge in [0.05, 0.1) is 5.39 Å². The number of anilines is 3. The van der Waals surface area contributed by atoms with Gasteiger partial charge in [-0.3, -0.25) is 0 Å². The van der Waals surface area contributed by atoms with E-state index >= 15 is 0 Å². The Bertz CT molecular complexity index is 787. The highest BCUT2D eigenvalue weighted by atomic mass is 32.1. The molecule has 0 fully saturated rings. The standard InChI is InChI=1S/C16H18N4S/c1-9-5-10(2)7-12(6-9)18-14-13-8-11(3)21-15(13)20-16(17-4)19-14/h5-8H,1-4H3,(H2,17,18,19,20). The molecule has 0 aliphatic heterocycles. The maximum absolute atomic E-state index is 4.56. The van der Waals surface area contributed by atoms with Crippen LogP contribution < -0.4 is 10.6 Å². The lowest BCUT2D eigenvalue weighted by molar-refractivity contribution is 1.20. The molecule has 4 nitrogen and oxygen atoms in total. The van der Waals surface area contributed by atoms with Gasteiger partial charge in [-0.05, 0) is 50.1 Å². The number of aryl methyl sites for hydroxylation is 3. The SMILES string of the molecule is CNc1nc(Nc2cc(C)cc(C)c2)c2cc(C)sc2n1. The van der Waals surface area contributed by atoms with Crippen molar-refractivity contribution in [2.24, 2.45) is 0 Å². The molecule has 1 aromatic carbocycles. The Balaban J connectivity index is 2.10. The zero-order valence-corrected chi connectivity index (χ0v) is 13.4. The van der Waals surface area contributed by atoms with Crippen LogP contribution in [0.25, 0.3) is 10.2 Å². The first kappa shape index (κ1) is 13.8. The molecule has 0 aliphatic rings. The summed E-state index contributed by atoms with van der Waals surface area (Å²) in [6, 6.07) is 8.54. The summed E-state index contributed by atoms with van der Waals surface area (Å²) in [5.74, 6) is 1.48. The Morgan fingerprint density at radius 3 is 2.33 bits per heavy atom. The van der Waals surface area contributed by atoms with Crippen LogP contribution in [-0.4, -0.2) is 17.0 Å². The van der Waals surface area contributed by atoms with E-state index in [0.29, 0.717) is 5.95 Å². The van der Waals surface area contributed by atoms with Crippen molar-refractivity contribution in [2.75, 3.05) is 17.7 Å². The summed E-state index contributed by atoms with van der Waals surface area (Å²) in [5.41, 5.74) is 3.52. The molecule has 0 saturated heterocycles. The molecule has 0 radical (unpaired) electrons. The van der Waals surface area contributed by atoms with E-state index in [0.717, 1.165) is 21.7 Å². The van der Waals surface area contributed by atoms with Gasteiger partial charge in [-0.25, -0.2) is 4.98 Å². The fourth-order valence-electron chi connectivity index (χ4n) is 2.43. The quantitative estimate of drug-likeness (QED) is 0.752. The molecule has 0 saturated carbocycles. The van der Waals surface area contributed by atoms with Gasteiger partial charge in [0.15, 0.2) is 0 Å². The van der Waals surface area contributed by atoms with Gasteiger partial charge >= 0.3 is 0 Å². The Labute approximate surface area is 128 Å². The molecule has 2 aromatic heterocycles. The molecule has 0 spiro atoms. The predicted octanol–water partition coefficient (Wildman–Crippen LogP) is 4.40. The third-order valence-electron chi connectivity index (χ3n) is 3.22. The molecule has 5 heteroatoms.